The summed E-state index contributed by atoms with van der Waals surface area (Å²) in [7, 11) is 0. The predicted octanol–water partition coefficient (Wildman–Crippen LogP) is 3.99. The van der Waals surface area contributed by atoms with Gasteiger partial charge >= 0.3 is 5.97 Å². The predicted molar refractivity (Wildman–Crippen MR) is 136 cm³/mol. The van der Waals surface area contributed by atoms with Gasteiger partial charge in [0, 0.05) is 12.8 Å². The minimum atomic E-state index is -1.000. The highest BCUT2D eigenvalue weighted by atomic mass is 35.5. The number of hydrazine groups is 1. The molecule has 1 aromatic rings. The molecule has 0 spiro atoms. The summed E-state index contributed by atoms with van der Waals surface area (Å²) in [6.07, 6.45) is 10.3. The van der Waals surface area contributed by atoms with Crippen molar-refractivity contribution in [1.29, 1.82) is 0 Å². The van der Waals surface area contributed by atoms with Crippen molar-refractivity contribution < 1.29 is 19.1 Å². The lowest BCUT2D eigenvalue weighted by molar-refractivity contribution is -0.132. The van der Waals surface area contributed by atoms with E-state index >= 15 is 0 Å². The van der Waals surface area contributed by atoms with E-state index in [0.29, 0.717) is 30.1 Å². The highest BCUT2D eigenvalue weighted by molar-refractivity contribution is 6.30. The highest BCUT2D eigenvalue weighted by Crippen LogP contribution is 2.16. The Morgan fingerprint density at radius 2 is 2.09 bits per heavy atom. The Morgan fingerprint density at radius 1 is 1.31 bits per heavy atom. The first-order chi connectivity index (χ1) is 16.7. The van der Waals surface area contributed by atoms with E-state index in [1.165, 1.54) is 24.4 Å². The molecule has 2 rings (SSSR count). The third-order valence-electron chi connectivity index (χ3n) is 4.68. The molecule has 0 aromatic heterocycles. The largest absolute Gasteiger partial charge is 0.478 e. The average Bonchev–Trinajstić information content (AvgIpc) is 3.09. The van der Waals surface area contributed by atoms with Gasteiger partial charge in [-0.1, -0.05) is 36.4 Å². The van der Waals surface area contributed by atoms with E-state index in [0.717, 1.165) is 5.57 Å². The monoisotopic (exact) mass is 499 g/mol. The molecule has 1 aliphatic carbocycles. The SMILES string of the molecule is C=C(C(=O)NCc1ccc(F)c(Cl)c1)/C(=C\N=CC)NNC(C)=NCC1=CC(C(=O)O)=CC=CC1. The fourth-order valence-electron chi connectivity index (χ4n) is 2.77. The van der Waals surface area contributed by atoms with E-state index in [4.69, 9.17) is 11.6 Å². The molecule has 1 amide bonds. The summed E-state index contributed by atoms with van der Waals surface area (Å²) < 4.78 is 13.3. The molecule has 0 aliphatic heterocycles. The van der Waals surface area contributed by atoms with Gasteiger partial charge in [0.15, 0.2) is 0 Å². The minimum Gasteiger partial charge on any atom is -0.478 e. The van der Waals surface area contributed by atoms with Crippen LogP contribution in [-0.4, -0.2) is 35.6 Å². The van der Waals surface area contributed by atoms with Crippen LogP contribution in [0.2, 0.25) is 5.02 Å². The molecule has 0 fully saturated rings. The molecular formula is C25H27ClFN5O3. The normalized spacial score (nSPS) is 14.2. The molecule has 0 bridgehead atoms. The van der Waals surface area contributed by atoms with Crippen LogP contribution in [-0.2, 0) is 16.1 Å². The first-order valence-electron chi connectivity index (χ1n) is 10.6. The van der Waals surface area contributed by atoms with Crippen LogP contribution in [0.1, 0.15) is 25.8 Å². The Bertz CT molecular complexity index is 1170. The molecular weight excluding hydrogens is 473 g/mol. The summed E-state index contributed by atoms with van der Waals surface area (Å²) in [5.41, 5.74) is 7.84. The van der Waals surface area contributed by atoms with E-state index in [9.17, 15) is 19.1 Å². The maximum atomic E-state index is 13.3. The zero-order valence-electron chi connectivity index (χ0n) is 19.4. The lowest BCUT2D eigenvalue weighted by atomic mass is 10.1. The van der Waals surface area contributed by atoms with Crippen molar-refractivity contribution >= 4 is 35.5 Å². The number of carboxylic acids is 1. The number of aliphatic imine (C=N–C) groups is 2. The number of amides is 1. The molecule has 1 aromatic carbocycles. The molecule has 0 radical (unpaired) electrons. The van der Waals surface area contributed by atoms with E-state index < -0.39 is 17.7 Å². The van der Waals surface area contributed by atoms with E-state index in [1.807, 2.05) is 6.08 Å². The number of halogens is 2. The Labute approximate surface area is 208 Å². The van der Waals surface area contributed by atoms with Crippen molar-refractivity contribution in [3.8, 4) is 0 Å². The molecule has 0 heterocycles. The zero-order valence-corrected chi connectivity index (χ0v) is 20.2. The van der Waals surface area contributed by atoms with Crippen molar-refractivity contribution in [2.24, 2.45) is 9.98 Å². The number of nitrogens with zero attached hydrogens (tertiary/aromatic N) is 2. The number of hydrogen-bond donors (Lipinski definition) is 4. The van der Waals surface area contributed by atoms with Crippen LogP contribution in [0.25, 0.3) is 0 Å². The van der Waals surface area contributed by atoms with Crippen LogP contribution in [0.3, 0.4) is 0 Å². The Morgan fingerprint density at radius 3 is 2.77 bits per heavy atom. The standard InChI is InChI=1S/C25H27ClFN5O3/c1-4-28-15-23(16(2)24(33)30-14-19-9-10-22(27)21(26)12-19)32-31-17(3)29-13-18-7-5-6-8-20(11-18)25(34)35/h4-6,8-12,15,32H,2,7,13-14H2,1,3H3,(H,29,31)(H,30,33)(H,34,35)/b23-15+,28-4?. The first kappa shape index (κ1) is 27.3. The van der Waals surface area contributed by atoms with Gasteiger partial charge in [-0.05, 0) is 55.7 Å². The smallest absolute Gasteiger partial charge is 0.335 e. The second-order valence-electron chi connectivity index (χ2n) is 7.37. The molecule has 8 nitrogen and oxygen atoms in total. The van der Waals surface area contributed by atoms with Crippen LogP contribution in [0.4, 0.5) is 4.39 Å². The van der Waals surface area contributed by atoms with Gasteiger partial charge in [-0.25, -0.2) is 9.18 Å². The highest BCUT2D eigenvalue weighted by Gasteiger charge is 2.13. The summed E-state index contributed by atoms with van der Waals surface area (Å²) in [6, 6.07) is 4.19. The summed E-state index contributed by atoms with van der Waals surface area (Å²) >= 11 is 5.78. The zero-order chi connectivity index (χ0) is 25.8. The summed E-state index contributed by atoms with van der Waals surface area (Å²) in [5.74, 6) is -1.50. The van der Waals surface area contributed by atoms with Crippen molar-refractivity contribution in [2.45, 2.75) is 26.8 Å². The third kappa shape index (κ3) is 9.05. The number of rotatable bonds is 10. The molecule has 184 valence electrons. The topological polar surface area (TPSA) is 115 Å². The third-order valence-corrected chi connectivity index (χ3v) is 4.97. The maximum absolute atomic E-state index is 13.3. The van der Waals surface area contributed by atoms with E-state index in [-0.39, 0.29) is 22.7 Å². The van der Waals surface area contributed by atoms with Gasteiger partial charge in [0.2, 0.25) is 0 Å². The second kappa shape index (κ2) is 13.7. The summed E-state index contributed by atoms with van der Waals surface area (Å²) in [6.45, 7) is 7.69. The fourth-order valence-corrected chi connectivity index (χ4v) is 2.98. The number of benzene rings is 1. The van der Waals surface area contributed by atoms with Gasteiger partial charge < -0.3 is 10.4 Å². The number of carbonyl (C=O) groups is 2. The Kier molecular flexibility index (Phi) is 10.6. The van der Waals surface area contributed by atoms with Crippen molar-refractivity contribution in [3.05, 3.63) is 94.1 Å². The number of nitrogens with one attached hydrogen (secondary N) is 3. The van der Waals surface area contributed by atoms with Gasteiger partial charge in [0.25, 0.3) is 5.91 Å². The molecule has 0 saturated carbocycles. The van der Waals surface area contributed by atoms with Crippen LogP contribution in [0.5, 0.6) is 0 Å². The fraction of sp³-hybridized carbons (Fsp3) is 0.200. The van der Waals surface area contributed by atoms with Gasteiger partial charge in [0.05, 0.1) is 34.6 Å². The van der Waals surface area contributed by atoms with Crippen molar-refractivity contribution in [1.82, 2.24) is 16.2 Å². The molecule has 0 saturated heterocycles. The first-order valence-corrected chi connectivity index (χ1v) is 11.0. The Balaban J connectivity index is 1.98. The number of aliphatic carboxylic acids is 1. The number of allylic oxidation sites excluding steroid dienone is 3. The molecule has 1 aliphatic rings. The molecule has 0 unspecified atom stereocenters. The summed E-state index contributed by atoms with van der Waals surface area (Å²) in [5, 5.41) is 11.9. The summed E-state index contributed by atoms with van der Waals surface area (Å²) in [4.78, 5) is 32.3. The molecule has 4 N–H and O–H groups in total. The van der Waals surface area contributed by atoms with Gasteiger partial charge in [0.1, 0.15) is 11.7 Å². The molecule has 0 atom stereocenters. The quantitative estimate of drug-likeness (QED) is 0.128. The lowest BCUT2D eigenvalue weighted by Crippen LogP contribution is -2.38. The second-order valence-corrected chi connectivity index (χ2v) is 7.78. The van der Waals surface area contributed by atoms with Crippen molar-refractivity contribution in [3.63, 3.8) is 0 Å². The molecule has 10 heteroatoms. The number of carbonyl (C=O) groups excluding carboxylic acids is 1. The number of amidine groups is 1. The van der Waals surface area contributed by atoms with Gasteiger partial charge in [-0.3, -0.25) is 25.6 Å². The number of carboxylic acid groups (broad SMARTS) is 1. The van der Waals surface area contributed by atoms with E-state index in [1.54, 1.807) is 38.3 Å². The minimum absolute atomic E-state index is 0.0279. The van der Waals surface area contributed by atoms with E-state index in [2.05, 4.69) is 32.7 Å². The maximum Gasteiger partial charge on any atom is 0.335 e. The van der Waals surface area contributed by atoms with Crippen LogP contribution in [0.15, 0.2) is 87.7 Å². The lowest BCUT2D eigenvalue weighted by Gasteiger charge is -2.15. The number of hydrogen-bond acceptors (Lipinski definition) is 5. The van der Waals surface area contributed by atoms with Crippen molar-refractivity contribution in [2.75, 3.05) is 6.54 Å². The van der Waals surface area contributed by atoms with Gasteiger partial charge in [-0.2, -0.15) is 0 Å². The average molecular weight is 500 g/mol. The van der Waals surface area contributed by atoms with Crippen LogP contribution >= 0.6 is 11.6 Å². The van der Waals surface area contributed by atoms with Crippen LogP contribution in [0, 0.1) is 5.82 Å². The van der Waals surface area contributed by atoms with Crippen LogP contribution < -0.4 is 16.2 Å². The Hall–Kier alpha value is -3.98. The van der Waals surface area contributed by atoms with Gasteiger partial charge in [-0.15, -0.1) is 0 Å². The molecule has 35 heavy (non-hydrogen) atoms.